The summed E-state index contributed by atoms with van der Waals surface area (Å²) in [5.74, 6) is 4.86. The summed E-state index contributed by atoms with van der Waals surface area (Å²) in [6, 6.07) is 0. The molecule has 5 heteroatoms. The van der Waals surface area contributed by atoms with E-state index < -0.39 is 11.7 Å². The second-order valence-electron chi connectivity index (χ2n) is 3.60. The lowest BCUT2D eigenvalue weighted by atomic mass is 9.84. The molecule has 72 valence electrons. The molecule has 1 heterocycles. The van der Waals surface area contributed by atoms with Gasteiger partial charge in [0.15, 0.2) is 5.60 Å². The third kappa shape index (κ3) is 1.11. The number of ether oxygens (including phenoxy) is 1. The van der Waals surface area contributed by atoms with Gasteiger partial charge in [-0.05, 0) is 25.7 Å². The number of carbonyl (C=O) groups is 2. The smallest absolute Gasteiger partial charge is 0.431 e. The molecule has 1 aliphatic carbocycles. The zero-order valence-electron chi connectivity index (χ0n) is 7.28. The molecule has 0 aromatic carbocycles. The Kier molecular flexibility index (Phi) is 1.76. The standard InChI is InChI=1S/C8H12N2O3/c9-10-6(11)8(13-7(10)12)4-2-1-3-5-8/h1-5,9H2. The van der Waals surface area contributed by atoms with Gasteiger partial charge in [-0.25, -0.2) is 10.6 Å². The van der Waals surface area contributed by atoms with Gasteiger partial charge in [-0.3, -0.25) is 4.79 Å². The number of hydrazine groups is 1. The van der Waals surface area contributed by atoms with Crippen LogP contribution in [0, 0.1) is 0 Å². The number of rotatable bonds is 0. The van der Waals surface area contributed by atoms with E-state index in [-0.39, 0.29) is 5.91 Å². The fourth-order valence-electron chi connectivity index (χ4n) is 2.00. The summed E-state index contributed by atoms with van der Waals surface area (Å²) in [5, 5.41) is 0.589. The van der Waals surface area contributed by atoms with Crippen LogP contribution in [0.3, 0.4) is 0 Å². The van der Waals surface area contributed by atoms with Crippen LogP contribution in [-0.4, -0.2) is 22.6 Å². The Bertz CT molecular complexity index is 258. The third-order valence-corrected chi connectivity index (χ3v) is 2.75. The van der Waals surface area contributed by atoms with E-state index in [0.29, 0.717) is 17.9 Å². The fraction of sp³-hybridized carbons (Fsp3) is 0.750. The van der Waals surface area contributed by atoms with Crippen LogP contribution < -0.4 is 5.84 Å². The largest absolute Gasteiger partial charge is 0.432 e. The summed E-state index contributed by atoms with van der Waals surface area (Å²) < 4.78 is 5.03. The maximum atomic E-state index is 11.5. The van der Waals surface area contributed by atoms with Crippen LogP contribution in [0.4, 0.5) is 4.79 Å². The van der Waals surface area contributed by atoms with Crippen molar-refractivity contribution in [3.05, 3.63) is 0 Å². The molecule has 5 nitrogen and oxygen atoms in total. The Morgan fingerprint density at radius 1 is 1.23 bits per heavy atom. The molecular formula is C8H12N2O3. The molecule has 1 saturated heterocycles. The van der Waals surface area contributed by atoms with Gasteiger partial charge in [0.1, 0.15) is 0 Å². The van der Waals surface area contributed by atoms with Crippen molar-refractivity contribution >= 4 is 12.0 Å². The molecule has 1 aliphatic heterocycles. The summed E-state index contributed by atoms with van der Waals surface area (Å²) in [6.45, 7) is 0. The highest BCUT2D eigenvalue weighted by molar-refractivity contribution is 6.02. The maximum absolute atomic E-state index is 11.5. The van der Waals surface area contributed by atoms with E-state index in [1.807, 2.05) is 0 Å². The number of hydrogen-bond acceptors (Lipinski definition) is 4. The highest BCUT2D eigenvalue weighted by Crippen LogP contribution is 2.36. The van der Waals surface area contributed by atoms with Gasteiger partial charge in [-0.2, -0.15) is 5.01 Å². The summed E-state index contributed by atoms with van der Waals surface area (Å²) in [7, 11) is 0. The van der Waals surface area contributed by atoms with Gasteiger partial charge >= 0.3 is 6.09 Å². The third-order valence-electron chi connectivity index (χ3n) is 2.75. The van der Waals surface area contributed by atoms with Gasteiger partial charge in [0.05, 0.1) is 0 Å². The number of amides is 2. The monoisotopic (exact) mass is 184 g/mol. The predicted octanol–water partition coefficient (Wildman–Crippen LogP) is 0.542. The number of nitrogens with two attached hydrogens (primary N) is 1. The van der Waals surface area contributed by atoms with Crippen molar-refractivity contribution in [2.75, 3.05) is 0 Å². The normalized spacial score (nSPS) is 26.7. The molecule has 2 rings (SSSR count). The van der Waals surface area contributed by atoms with Crippen molar-refractivity contribution in [1.29, 1.82) is 0 Å². The van der Waals surface area contributed by atoms with Gasteiger partial charge in [0, 0.05) is 0 Å². The summed E-state index contributed by atoms with van der Waals surface area (Å²) in [5.41, 5.74) is -0.913. The minimum Gasteiger partial charge on any atom is -0.431 e. The molecule has 2 aliphatic rings. The van der Waals surface area contributed by atoms with E-state index in [4.69, 9.17) is 10.6 Å². The van der Waals surface area contributed by atoms with Crippen LogP contribution in [0.2, 0.25) is 0 Å². The van der Waals surface area contributed by atoms with Gasteiger partial charge in [-0.15, -0.1) is 0 Å². The number of carbonyl (C=O) groups excluding carboxylic acids is 2. The van der Waals surface area contributed by atoms with Crippen LogP contribution >= 0.6 is 0 Å². The first kappa shape index (κ1) is 8.50. The van der Waals surface area contributed by atoms with E-state index in [9.17, 15) is 9.59 Å². The predicted molar refractivity (Wildman–Crippen MR) is 43.3 cm³/mol. The Morgan fingerprint density at radius 2 is 1.85 bits per heavy atom. The van der Waals surface area contributed by atoms with E-state index in [1.165, 1.54) is 0 Å². The Hall–Kier alpha value is -1.10. The first-order chi connectivity index (χ1) is 6.16. The Balaban J connectivity index is 2.23. The van der Waals surface area contributed by atoms with Crippen LogP contribution in [0.15, 0.2) is 0 Å². The van der Waals surface area contributed by atoms with Gasteiger partial charge in [0.25, 0.3) is 5.91 Å². The van der Waals surface area contributed by atoms with E-state index >= 15 is 0 Å². The molecule has 0 atom stereocenters. The van der Waals surface area contributed by atoms with Crippen molar-refractivity contribution in [2.24, 2.45) is 5.84 Å². The number of nitrogens with zero attached hydrogens (tertiary/aromatic N) is 1. The van der Waals surface area contributed by atoms with E-state index in [2.05, 4.69) is 0 Å². The van der Waals surface area contributed by atoms with Gasteiger partial charge in [-0.1, -0.05) is 6.42 Å². The molecule has 13 heavy (non-hydrogen) atoms. The number of imide groups is 1. The highest BCUT2D eigenvalue weighted by Gasteiger charge is 2.53. The van der Waals surface area contributed by atoms with Crippen LogP contribution in [-0.2, 0) is 9.53 Å². The average molecular weight is 184 g/mol. The molecule has 0 aromatic rings. The van der Waals surface area contributed by atoms with E-state index in [1.54, 1.807) is 0 Å². The molecule has 2 N–H and O–H groups in total. The van der Waals surface area contributed by atoms with E-state index in [0.717, 1.165) is 19.3 Å². The maximum Gasteiger partial charge on any atom is 0.432 e. The second kappa shape index (κ2) is 2.70. The molecule has 2 amide bonds. The molecule has 2 fully saturated rings. The Morgan fingerprint density at radius 3 is 2.31 bits per heavy atom. The fourth-order valence-corrected chi connectivity index (χ4v) is 2.00. The molecule has 0 aromatic heterocycles. The van der Waals surface area contributed by atoms with Crippen LogP contribution in [0.5, 0.6) is 0 Å². The lowest BCUT2D eigenvalue weighted by molar-refractivity contribution is -0.139. The van der Waals surface area contributed by atoms with Crippen molar-refractivity contribution in [3.8, 4) is 0 Å². The summed E-state index contributed by atoms with van der Waals surface area (Å²) >= 11 is 0. The summed E-state index contributed by atoms with van der Waals surface area (Å²) in [4.78, 5) is 22.6. The molecule has 0 unspecified atom stereocenters. The average Bonchev–Trinajstić information content (AvgIpc) is 2.33. The van der Waals surface area contributed by atoms with Crippen molar-refractivity contribution < 1.29 is 14.3 Å². The summed E-state index contributed by atoms with van der Waals surface area (Å²) in [6.07, 6.45) is 3.46. The SMILES string of the molecule is NN1C(=O)OC2(CCCCC2)C1=O. The molecule has 1 saturated carbocycles. The van der Waals surface area contributed by atoms with Crippen LogP contribution in [0.25, 0.3) is 0 Å². The number of hydrogen-bond donors (Lipinski definition) is 1. The molecule has 1 spiro atoms. The Labute approximate surface area is 75.8 Å². The highest BCUT2D eigenvalue weighted by atomic mass is 16.6. The first-order valence-corrected chi connectivity index (χ1v) is 4.48. The first-order valence-electron chi connectivity index (χ1n) is 4.48. The van der Waals surface area contributed by atoms with Crippen molar-refractivity contribution in [1.82, 2.24) is 5.01 Å². The molecular weight excluding hydrogens is 172 g/mol. The van der Waals surface area contributed by atoms with Crippen LogP contribution in [0.1, 0.15) is 32.1 Å². The van der Waals surface area contributed by atoms with Gasteiger partial charge in [0.2, 0.25) is 0 Å². The van der Waals surface area contributed by atoms with Crippen molar-refractivity contribution in [2.45, 2.75) is 37.7 Å². The zero-order chi connectivity index (χ0) is 9.47. The lowest BCUT2D eigenvalue weighted by Crippen LogP contribution is -2.45. The molecule has 0 radical (unpaired) electrons. The zero-order valence-corrected chi connectivity index (χ0v) is 7.28. The van der Waals surface area contributed by atoms with Gasteiger partial charge < -0.3 is 4.74 Å². The quantitative estimate of drug-likeness (QED) is 0.440. The second-order valence-corrected chi connectivity index (χ2v) is 3.60. The minimum atomic E-state index is -0.913. The lowest BCUT2D eigenvalue weighted by Gasteiger charge is -2.28. The van der Waals surface area contributed by atoms with Crippen molar-refractivity contribution in [3.63, 3.8) is 0 Å². The molecule has 0 bridgehead atoms. The minimum absolute atomic E-state index is 0.378. The topological polar surface area (TPSA) is 72.6 Å².